The van der Waals surface area contributed by atoms with Gasteiger partial charge in [-0.15, -0.1) is 11.8 Å². The second-order valence-electron chi connectivity index (χ2n) is 6.69. The zero-order valence-electron chi connectivity index (χ0n) is 15.1. The van der Waals surface area contributed by atoms with Crippen molar-refractivity contribution in [2.75, 3.05) is 11.4 Å². The van der Waals surface area contributed by atoms with Crippen LogP contribution in [-0.2, 0) is 11.3 Å². The Morgan fingerprint density at radius 3 is 2.89 bits per heavy atom. The molecule has 1 aliphatic heterocycles. The summed E-state index contributed by atoms with van der Waals surface area (Å²) in [6.07, 6.45) is 2.24. The van der Waals surface area contributed by atoms with Gasteiger partial charge in [-0.3, -0.25) is 14.2 Å². The Morgan fingerprint density at radius 2 is 2.07 bits per heavy atom. The molecule has 0 unspecified atom stereocenters. The summed E-state index contributed by atoms with van der Waals surface area (Å²) in [5.41, 5.74) is 0.924. The Morgan fingerprint density at radius 1 is 1.29 bits per heavy atom. The molecule has 4 rings (SSSR count). The van der Waals surface area contributed by atoms with Crippen LogP contribution >= 0.6 is 35.0 Å². The van der Waals surface area contributed by atoms with Crippen molar-refractivity contribution in [3.8, 4) is 0 Å². The number of amides is 1. The summed E-state index contributed by atoms with van der Waals surface area (Å²) in [7, 11) is 0. The Bertz CT molecular complexity index is 1130. The van der Waals surface area contributed by atoms with Crippen molar-refractivity contribution in [2.24, 2.45) is 0 Å². The minimum Gasteiger partial charge on any atom is -0.310 e. The molecule has 0 bridgehead atoms. The number of rotatable bonds is 2. The lowest BCUT2D eigenvalue weighted by atomic mass is 10.2. The number of hydrogen-bond acceptors (Lipinski definition) is 4. The molecule has 3 aromatic rings. The highest BCUT2D eigenvalue weighted by atomic mass is 35.5. The summed E-state index contributed by atoms with van der Waals surface area (Å²) < 4.78 is 1.31. The van der Waals surface area contributed by atoms with Crippen molar-refractivity contribution in [3.63, 3.8) is 0 Å². The van der Waals surface area contributed by atoms with E-state index in [1.165, 1.54) is 17.0 Å². The van der Waals surface area contributed by atoms with Crippen molar-refractivity contribution in [3.05, 3.63) is 63.1 Å². The van der Waals surface area contributed by atoms with E-state index in [2.05, 4.69) is 11.9 Å². The smallest absolute Gasteiger partial charge is 0.261 e. The van der Waals surface area contributed by atoms with Crippen LogP contribution < -0.4 is 10.5 Å². The predicted octanol–water partition coefficient (Wildman–Crippen LogP) is 4.62. The summed E-state index contributed by atoms with van der Waals surface area (Å²) in [5, 5.41) is 1.38. The quantitative estimate of drug-likeness (QED) is 0.591. The summed E-state index contributed by atoms with van der Waals surface area (Å²) in [4.78, 5) is 33.0. The molecular formula is C20H17Cl2N3O2S. The third-order valence-electron chi connectivity index (χ3n) is 4.70. The van der Waals surface area contributed by atoms with Crippen LogP contribution in [0.5, 0.6) is 0 Å². The summed E-state index contributed by atoms with van der Waals surface area (Å²) >= 11 is 13.9. The van der Waals surface area contributed by atoms with E-state index in [1.54, 1.807) is 22.7 Å². The molecule has 0 N–H and O–H groups in total. The van der Waals surface area contributed by atoms with Crippen LogP contribution in [0.3, 0.4) is 0 Å². The second kappa shape index (κ2) is 7.78. The van der Waals surface area contributed by atoms with E-state index in [-0.39, 0.29) is 18.0 Å². The van der Waals surface area contributed by atoms with E-state index in [9.17, 15) is 9.59 Å². The molecule has 0 aliphatic carbocycles. The molecule has 0 spiro atoms. The maximum atomic E-state index is 13.1. The normalized spacial score (nSPS) is 16.7. The highest BCUT2D eigenvalue weighted by Gasteiger charge is 2.24. The fraction of sp³-hybridized carbons (Fsp3) is 0.250. The summed E-state index contributed by atoms with van der Waals surface area (Å²) in [6, 6.07) is 10.9. The van der Waals surface area contributed by atoms with Gasteiger partial charge in [0.15, 0.2) is 0 Å². The van der Waals surface area contributed by atoms with E-state index >= 15 is 0 Å². The molecule has 0 saturated carbocycles. The third kappa shape index (κ3) is 3.64. The fourth-order valence-electron chi connectivity index (χ4n) is 3.28. The van der Waals surface area contributed by atoms with Crippen LogP contribution in [0.4, 0.5) is 5.69 Å². The van der Waals surface area contributed by atoms with Crippen molar-refractivity contribution >= 4 is 57.5 Å². The zero-order chi connectivity index (χ0) is 19.8. The van der Waals surface area contributed by atoms with E-state index in [1.807, 2.05) is 24.3 Å². The molecule has 0 radical (unpaired) electrons. The number of para-hydroxylation sites is 1. The monoisotopic (exact) mass is 433 g/mol. The number of halogens is 2. The molecule has 1 aliphatic rings. The molecule has 2 heterocycles. The van der Waals surface area contributed by atoms with Crippen LogP contribution in [0, 0.1) is 0 Å². The summed E-state index contributed by atoms with van der Waals surface area (Å²) in [5.74, 6) is -0.154. The Labute approximate surface area is 176 Å². The molecule has 1 atom stereocenters. The van der Waals surface area contributed by atoms with Gasteiger partial charge in [0.1, 0.15) is 6.54 Å². The van der Waals surface area contributed by atoms with Gasteiger partial charge in [0.2, 0.25) is 5.91 Å². The number of nitrogens with zero attached hydrogens (tertiary/aromatic N) is 3. The molecule has 5 nitrogen and oxygen atoms in total. The van der Waals surface area contributed by atoms with Crippen LogP contribution in [0.2, 0.25) is 10.0 Å². The number of hydrogen-bond donors (Lipinski definition) is 0. The topological polar surface area (TPSA) is 55.2 Å². The van der Waals surface area contributed by atoms with Gasteiger partial charge in [0.25, 0.3) is 5.56 Å². The Hall–Kier alpha value is -2.02. The number of anilines is 1. The minimum atomic E-state index is -0.339. The predicted molar refractivity (Wildman–Crippen MR) is 115 cm³/mol. The lowest BCUT2D eigenvalue weighted by Crippen LogP contribution is -2.37. The van der Waals surface area contributed by atoms with Crippen molar-refractivity contribution in [1.29, 1.82) is 0 Å². The van der Waals surface area contributed by atoms with Gasteiger partial charge < -0.3 is 4.90 Å². The lowest BCUT2D eigenvalue weighted by molar-refractivity contribution is -0.119. The first-order chi connectivity index (χ1) is 13.4. The molecule has 0 fully saturated rings. The van der Waals surface area contributed by atoms with E-state index in [0.29, 0.717) is 32.7 Å². The summed E-state index contributed by atoms with van der Waals surface area (Å²) in [6.45, 7) is 2.66. The molecule has 1 amide bonds. The first-order valence-electron chi connectivity index (χ1n) is 8.84. The van der Waals surface area contributed by atoms with Crippen LogP contribution in [0.25, 0.3) is 10.9 Å². The number of carbonyl (C=O) groups is 1. The Balaban J connectivity index is 1.69. The van der Waals surface area contributed by atoms with Gasteiger partial charge in [-0.2, -0.15) is 0 Å². The maximum Gasteiger partial charge on any atom is 0.261 e. The maximum absolute atomic E-state index is 13.1. The Kier molecular flexibility index (Phi) is 5.36. The lowest BCUT2D eigenvalue weighted by Gasteiger charge is -2.23. The van der Waals surface area contributed by atoms with Crippen LogP contribution in [-0.4, -0.2) is 27.3 Å². The largest absolute Gasteiger partial charge is 0.310 e. The SMILES string of the molecule is C[C@@H]1CCN(C(=O)Cn2cnc3c(Cl)cc(Cl)cc3c2=O)c2ccccc2S1. The first kappa shape index (κ1) is 19.3. The number of thioether (sulfide) groups is 1. The van der Waals surface area contributed by atoms with Crippen LogP contribution in [0.1, 0.15) is 13.3 Å². The molecule has 8 heteroatoms. The minimum absolute atomic E-state index is 0.0979. The van der Waals surface area contributed by atoms with Gasteiger partial charge >= 0.3 is 0 Å². The van der Waals surface area contributed by atoms with Crippen molar-refractivity contribution in [1.82, 2.24) is 9.55 Å². The van der Waals surface area contributed by atoms with E-state index in [4.69, 9.17) is 23.2 Å². The first-order valence-corrected chi connectivity index (χ1v) is 10.5. The van der Waals surface area contributed by atoms with Gasteiger partial charge in [-0.05, 0) is 30.7 Å². The van der Waals surface area contributed by atoms with Crippen molar-refractivity contribution in [2.45, 2.75) is 30.0 Å². The molecule has 0 saturated heterocycles. The van der Waals surface area contributed by atoms with Crippen molar-refractivity contribution < 1.29 is 4.79 Å². The molecule has 144 valence electrons. The van der Waals surface area contributed by atoms with E-state index in [0.717, 1.165) is 17.0 Å². The highest BCUT2D eigenvalue weighted by Crippen LogP contribution is 2.37. The number of aromatic nitrogens is 2. The number of carbonyl (C=O) groups excluding carboxylic acids is 1. The molecule has 1 aromatic heterocycles. The average Bonchev–Trinajstić information content (AvgIpc) is 2.82. The molecular weight excluding hydrogens is 417 g/mol. The fourth-order valence-corrected chi connectivity index (χ4v) is 4.94. The van der Waals surface area contributed by atoms with Gasteiger partial charge in [0, 0.05) is 21.7 Å². The van der Waals surface area contributed by atoms with Gasteiger partial charge in [0.05, 0.1) is 27.9 Å². The van der Waals surface area contributed by atoms with Crippen LogP contribution in [0.15, 0.2) is 52.4 Å². The molecule has 28 heavy (non-hydrogen) atoms. The average molecular weight is 434 g/mol. The molecule has 2 aromatic carbocycles. The van der Waals surface area contributed by atoms with Gasteiger partial charge in [-0.1, -0.05) is 42.3 Å². The van der Waals surface area contributed by atoms with E-state index < -0.39 is 0 Å². The number of benzene rings is 2. The standard InChI is InChI=1S/C20H17Cl2N3O2S/c1-12-6-7-25(16-4-2-3-5-17(16)28-12)18(26)10-24-11-23-19-14(20(24)27)8-13(21)9-15(19)22/h2-5,8-9,11-12H,6-7,10H2,1H3/t12-/m1/s1. The number of fused-ring (bicyclic) bond motifs is 2. The second-order valence-corrected chi connectivity index (χ2v) is 9.02. The van der Waals surface area contributed by atoms with Gasteiger partial charge in [-0.25, -0.2) is 4.98 Å². The zero-order valence-corrected chi connectivity index (χ0v) is 17.4. The third-order valence-corrected chi connectivity index (χ3v) is 6.44. The highest BCUT2D eigenvalue weighted by molar-refractivity contribution is 8.00.